The Morgan fingerprint density at radius 1 is 1.16 bits per heavy atom. The molecular formula is C16H20BrClS. The third kappa shape index (κ3) is 2.13. The molecule has 0 nitrogen and oxygen atoms in total. The lowest BCUT2D eigenvalue weighted by Gasteiger charge is -2.55. The van der Waals surface area contributed by atoms with Crippen molar-refractivity contribution < 1.29 is 0 Å². The van der Waals surface area contributed by atoms with Crippen LogP contribution in [0.5, 0.6) is 0 Å². The predicted octanol–water partition coefficient (Wildman–Crippen LogP) is 6.22. The van der Waals surface area contributed by atoms with Crippen LogP contribution in [-0.4, -0.2) is 0 Å². The topological polar surface area (TPSA) is 0 Å². The van der Waals surface area contributed by atoms with E-state index >= 15 is 0 Å². The largest absolute Gasteiger partial charge is 0.127 e. The standard InChI is InChI=1S/C16H20BrClS/c1-8-2-13(19-16(8)18)15(17)14-11-4-9-3-10(6-11)7-12(14)5-9/h2,9-12,14-15H,3-7H2,1H3. The Morgan fingerprint density at radius 2 is 1.74 bits per heavy atom. The summed E-state index contributed by atoms with van der Waals surface area (Å²) in [6.07, 6.45) is 7.53. The van der Waals surface area contributed by atoms with E-state index in [4.69, 9.17) is 11.6 Å². The van der Waals surface area contributed by atoms with Crippen LogP contribution in [0.3, 0.4) is 0 Å². The minimum absolute atomic E-state index is 0.540. The third-order valence-electron chi connectivity index (χ3n) is 5.79. The summed E-state index contributed by atoms with van der Waals surface area (Å²) < 4.78 is 0.975. The lowest BCUT2D eigenvalue weighted by Crippen LogP contribution is -2.46. The van der Waals surface area contributed by atoms with Crippen molar-refractivity contribution in [2.75, 3.05) is 0 Å². The highest BCUT2D eigenvalue weighted by Crippen LogP contribution is 2.61. The predicted molar refractivity (Wildman–Crippen MR) is 86.3 cm³/mol. The van der Waals surface area contributed by atoms with E-state index in [-0.39, 0.29) is 0 Å². The summed E-state index contributed by atoms with van der Waals surface area (Å²) in [5.74, 6) is 4.93. The Bertz CT molecular complexity index is 447. The summed E-state index contributed by atoms with van der Waals surface area (Å²) in [6, 6.07) is 2.30. The van der Waals surface area contributed by atoms with Gasteiger partial charge in [0.25, 0.3) is 0 Å². The monoisotopic (exact) mass is 358 g/mol. The van der Waals surface area contributed by atoms with Gasteiger partial charge in [0.15, 0.2) is 0 Å². The number of halogens is 2. The molecule has 1 atom stereocenters. The summed E-state index contributed by atoms with van der Waals surface area (Å²) in [4.78, 5) is 2.00. The van der Waals surface area contributed by atoms with Crippen molar-refractivity contribution in [2.45, 2.75) is 43.9 Å². The Labute approximate surface area is 133 Å². The van der Waals surface area contributed by atoms with E-state index in [1.165, 1.54) is 42.5 Å². The molecule has 4 bridgehead atoms. The maximum atomic E-state index is 6.26. The number of alkyl halides is 1. The number of hydrogen-bond donors (Lipinski definition) is 0. The number of hydrogen-bond acceptors (Lipinski definition) is 1. The minimum Gasteiger partial charge on any atom is -0.127 e. The molecule has 0 saturated heterocycles. The van der Waals surface area contributed by atoms with Gasteiger partial charge in [-0.25, -0.2) is 0 Å². The molecule has 0 aromatic carbocycles. The van der Waals surface area contributed by atoms with Crippen molar-refractivity contribution in [1.82, 2.24) is 0 Å². The van der Waals surface area contributed by atoms with Crippen molar-refractivity contribution in [3.8, 4) is 0 Å². The molecule has 0 aliphatic heterocycles. The van der Waals surface area contributed by atoms with Gasteiger partial charge in [0.05, 0.1) is 9.16 Å². The fourth-order valence-corrected chi connectivity index (χ4v) is 7.78. The SMILES string of the molecule is Cc1cc(C(Br)C2C3CC4CC(C3)CC2C4)sc1Cl. The van der Waals surface area contributed by atoms with Gasteiger partial charge >= 0.3 is 0 Å². The van der Waals surface area contributed by atoms with Crippen molar-refractivity contribution in [2.24, 2.45) is 29.6 Å². The smallest absolute Gasteiger partial charge is 0.0960 e. The van der Waals surface area contributed by atoms with Crippen LogP contribution < -0.4 is 0 Å². The van der Waals surface area contributed by atoms with E-state index < -0.39 is 0 Å². The van der Waals surface area contributed by atoms with Crippen LogP contribution >= 0.6 is 38.9 Å². The van der Waals surface area contributed by atoms with Gasteiger partial charge in [-0.05, 0) is 80.2 Å². The molecule has 0 spiro atoms. The average molecular weight is 360 g/mol. The van der Waals surface area contributed by atoms with Gasteiger partial charge in [-0.3, -0.25) is 0 Å². The van der Waals surface area contributed by atoms with Crippen molar-refractivity contribution in [3.05, 3.63) is 20.8 Å². The van der Waals surface area contributed by atoms with Gasteiger partial charge in [0.2, 0.25) is 0 Å². The second kappa shape index (κ2) is 4.74. The van der Waals surface area contributed by atoms with Gasteiger partial charge < -0.3 is 0 Å². The maximum Gasteiger partial charge on any atom is 0.0960 e. The number of rotatable bonds is 2. The first-order valence-corrected chi connectivity index (χ1v) is 9.62. The first kappa shape index (κ1) is 13.2. The molecule has 104 valence electrons. The summed E-state index contributed by atoms with van der Waals surface area (Å²) in [6.45, 7) is 2.12. The van der Waals surface area contributed by atoms with Gasteiger partial charge in [-0.15, -0.1) is 11.3 Å². The summed E-state index contributed by atoms with van der Waals surface area (Å²) in [7, 11) is 0. The molecule has 4 aliphatic rings. The number of thiophene rings is 1. The fraction of sp³-hybridized carbons (Fsp3) is 0.750. The van der Waals surface area contributed by atoms with Crippen molar-refractivity contribution in [1.29, 1.82) is 0 Å². The van der Waals surface area contributed by atoms with Crippen LogP contribution in [0.1, 0.15) is 47.4 Å². The minimum atomic E-state index is 0.540. The molecule has 1 unspecified atom stereocenters. The normalized spacial score (nSPS) is 41.7. The molecule has 4 fully saturated rings. The second-order valence-corrected chi connectivity index (χ2v) is 9.69. The van der Waals surface area contributed by atoms with E-state index in [1.54, 1.807) is 11.3 Å². The van der Waals surface area contributed by atoms with Crippen molar-refractivity contribution >= 4 is 38.9 Å². The molecule has 1 aromatic rings. The Kier molecular flexibility index (Phi) is 3.28. The molecule has 19 heavy (non-hydrogen) atoms. The Balaban J connectivity index is 1.61. The maximum absolute atomic E-state index is 6.26. The van der Waals surface area contributed by atoms with E-state index in [0.717, 1.165) is 33.9 Å². The summed E-state index contributed by atoms with van der Waals surface area (Å²) in [5, 5.41) is 0. The zero-order chi connectivity index (χ0) is 13.1. The quantitative estimate of drug-likeness (QED) is 0.550. The Hall–Kier alpha value is 0.470. The van der Waals surface area contributed by atoms with Crippen LogP contribution in [0.15, 0.2) is 6.07 Å². The molecule has 0 radical (unpaired) electrons. The third-order valence-corrected chi connectivity index (χ3v) is 8.83. The number of aryl methyl sites for hydroxylation is 1. The fourth-order valence-electron chi connectivity index (χ4n) is 5.25. The Morgan fingerprint density at radius 3 is 2.21 bits per heavy atom. The van der Waals surface area contributed by atoms with E-state index in [9.17, 15) is 0 Å². The lowest BCUT2D eigenvalue weighted by molar-refractivity contribution is -0.0361. The van der Waals surface area contributed by atoms with Gasteiger partial charge in [0, 0.05) is 4.88 Å². The zero-order valence-corrected chi connectivity index (χ0v) is 14.4. The summed E-state index contributed by atoms with van der Waals surface area (Å²) in [5.41, 5.74) is 1.25. The highest BCUT2D eigenvalue weighted by Gasteiger charge is 2.50. The van der Waals surface area contributed by atoms with Crippen LogP contribution in [0.4, 0.5) is 0 Å². The van der Waals surface area contributed by atoms with E-state index in [1.807, 2.05) is 0 Å². The molecule has 5 rings (SSSR count). The summed E-state index contributed by atoms with van der Waals surface area (Å²) >= 11 is 12.1. The average Bonchev–Trinajstić information content (AvgIpc) is 2.68. The molecule has 4 aliphatic carbocycles. The van der Waals surface area contributed by atoms with Gasteiger partial charge in [-0.1, -0.05) is 27.5 Å². The first-order valence-electron chi connectivity index (χ1n) is 7.51. The highest BCUT2D eigenvalue weighted by atomic mass is 79.9. The lowest BCUT2D eigenvalue weighted by atomic mass is 9.51. The zero-order valence-electron chi connectivity index (χ0n) is 11.2. The van der Waals surface area contributed by atoms with Crippen LogP contribution in [0.25, 0.3) is 0 Å². The molecule has 1 heterocycles. The highest BCUT2D eigenvalue weighted by molar-refractivity contribution is 9.09. The molecule has 0 amide bonds. The van der Waals surface area contributed by atoms with Crippen molar-refractivity contribution in [3.63, 3.8) is 0 Å². The molecule has 3 heteroatoms. The molecule has 1 aromatic heterocycles. The van der Waals surface area contributed by atoms with Gasteiger partial charge in [0.1, 0.15) is 0 Å². The first-order chi connectivity index (χ1) is 9.11. The van der Waals surface area contributed by atoms with E-state index in [0.29, 0.717) is 4.83 Å². The second-order valence-electron chi connectivity index (χ2n) is 7.02. The molecular weight excluding hydrogens is 340 g/mol. The van der Waals surface area contributed by atoms with Gasteiger partial charge in [-0.2, -0.15) is 0 Å². The molecule has 0 N–H and O–H groups in total. The van der Waals surface area contributed by atoms with Crippen LogP contribution in [0.2, 0.25) is 4.34 Å². The van der Waals surface area contributed by atoms with Crippen LogP contribution in [0, 0.1) is 36.5 Å². The van der Waals surface area contributed by atoms with Crippen LogP contribution in [-0.2, 0) is 0 Å². The van der Waals surface area contributed by atoms with E-state index in [2.05, 4.69) is 28.9 Å². The molecule has 4 saturated carbocycles.